The standard InChI is InChI=1S/C8H8.3CH2O.Fe/c1-2-4-6-8-7-5-3-1;3*1-2;/h1-8H;3*1H2;/b2-1-,3-1?,4-2?,5-3-,6-4?,7-5?,8-6?,8-7?;;;;. The zero-order chi connectivity index (χ0) is 11.7. The van der Waals surface area contributed by atoms with E-state index in [1.807, 2.05) is 69.0 Å². The molecule has 4 heteroatoms. The first-order chi connectivity index (χ1) is 7.00. The van der Waals surface area contributed by atoms with Crippen molar-refractivity contribution in [3.63, 3.8) is 0 Å². The monoisotopic (exact) mass is 250 g/mol. The summed E-state index contributed by atoms with van der Waals surface area (Å²) in [5, 5.41) is 0. The quantitative estimate of drug-likeness (QED) is 0.614. The number of hydrogen-bond donors (Lipinski definition) is 0. The van der Waals surface area contributed by atoms with Crippen LogP contribution >= 0.6 is 0 Å². The van der Waals surface area contributed by atoms with Crippen LogP contribution in [0.2, 0.25) is 0 Å². The number of carbonyl (C=O) groups excluding carboxylic acids is 3. The summed E-state index contributed by atoms with van der Waals surface area (Å²) in [6, 6.07) is 0. The van der Waals surface area contributed by atoms with Crippen molar-refractivity contribution < 1.29 is 31.5 Å². The van der Waals surface area contributed by atoms with E-state index in [2.05, 4.69) is 0 Å². The van der Waals surface area contributed by atoms with Crippen LogP contribution in [0.4, 0.5) is 0 Å². The normalized spacial score (nSPS) is 13.6. The zero-order valence-electron chi connectivity index (χ0n) is 8.32. The van der Waals surface area contributed by atoms with Gasteiger partial charge in [-0.05, 0) is 0 Å². The van der Waals surface area contributed by atoms with Gasteiger partial charge in [-0.25, -0.2) is 0 Å². The maximum Gasteiger partial charge on any atom is 0.106 e. The van der Waals surface area contributed by atoms with E-state index in [4.69, 9.17) is 14.4 Å². The largest absolute Gasteiger partial charge is 0.307 e. The molecular formula is C11H14FeO3. The summed E-state index contributed by atoms with van der Waals surface area (Å²) >= 11 is 0. The first kappa shape index (κ1) is 23.4. The van der Waals surface area contributed by atoms with Crippen LogP contribution in [0, 0.1) is 0 Å². The van der Waals surface area contributed by atoms with E-state index >= 15 is 0 Å². The summed E-state index contributed by atoms with van der Waals surface area (Å²) in [7, 11) is 0. The fourth-order valence-corrected chi connectivity index (χ4v) is 0.513. The molecule has 3 nitrogen and oxygen atoms in total. The van der Waals surface area contributed by atoms with E-state index in [0.717, 1.165) is 0 Å². The molecule has 84 valence electrons. The van der Waals surface area contributed by atoms with Gasteiger partial charge in [-0.2, -0.15) is 0 Å². The molecule has 1 rings (SSSR count). The molecule has 0 amide bonds. The Morgan fingerprint density at radius 2 is 0.467 bits per heavy atom. The van der Waals surface area contributed by atoms with Crippen molar-refractivity contribution in [2.75, 3.05) is 0 Å². The Labute approximate surface area is 101 Å². The van der Waals surface area contributed by atoms with Gasteiger partial charge in [0.25, 0.3) is 0 Å². The Hall–Kier alpha value is -1.51. The Kier molecular flexibility index (Phi) is 61.0. The summed E-state index contributed by atoms with van der Waals surface area (Å²) in [6.45, 7) is 6.00. The van der Waals surface area contributed by atoms with Crippen molar-refractivity contribution in [2.24, 2.45) is 0 Å². The number of hydrogen-bond acceptors (Lipinski definition) is 3. The predicted molar refractivity (Wildman–Crippen MR) is 57.9 cm³/mol. The van der Waals surface area contributed by atoms with Crippen molar-refractivity contribution in [1.29, 1.82) is 0 Å². The second-order valence-electron chi connectivity index (χ2n) is 1.54. The SMILES string of the molecule is C1=C/C=C\C=C/C=C1.C=O.C=O.C=O.[Fe]. The molecule has 0 aromatic carbocycles. The van der Waals surface area contributed by atoms with Crippen molar-refractivity contribution >= 4 is 20.4 Å². The molecule has 15 heavy (non-hydrogen) atoms. The zero-order valence-corrected chi connectivity index (χ0v) is 9.42. The van der Waals surface area contributed by atoms with Gasteiger partial charge in [0.1, 0.15) is 20.4 Å². The van der Waals surface area contributed by atoms with Crippen LogP contribution in [-0.4, -0.2) is 20.4 Å². The van der Waals surface area contributed by atoms with Crippen LogP contribution in [0.15, 0.2) is 48.6 Å². The molecular weight excluding hydrogens is 236 g/mol. The van der Waals surface area contributed by atoms with Gasteiger partial charge in [-0.3, -0.25) is 0 Å². The maximum atomic E-state index is 8.00. The first-order valence-electron chi connectivity index (χ1n) is 3.53. The summed E-state index contributed by atoms with van der Waals surface area (Å²) in [5.41, 5.74) is 0. The Bertz CT molecular complexity index is 147. The molecule has 0 atom stereocenters. The number of allylic oxidation sites excluding steroid dienone is 8. The minimum atomic E-state index is 0. The van der Waals surface area contributed by atoms with Crippen LogP contribution in [-0.2, 0) is 31.5 Å². The first-order valence-corrected chi connectivity index (χ1v) is 3.53. The molecule has 1 aliphatic carbocycles. The molecule has 0 fully saturated rings. The van der Waals surface area contributed by atoms with Crippen LogP contribution < -0.4 is 0 Å². The Balaban J connectivity index is -0.0000000755. The third kappa shape index (κ3) is 32.6. The van der Waals surface area contributed by atoms with Gasteiger partial charge in [0, 0.05) is 17.1 Å². The van der Waals surface area contributed by atoms with E-state index in [9.17, 15) is 0 Å². The average Bonchev–Trinajstić information content (AvgIpc) is 2.26. The van der Waals surface area contributed by atoms with Gasteiger partial charge in [0.2, 0.25) is 0 Å². The Morgan fingerprint density at radius 1 is 0.400 bits per heavy atom. The molecule has 0 aromatic rings. The smallest absolute Gasteiger partial charge is 0.106 e. The Morgan fingerprint density at radius 3 is 0.533 bits per heavy atom. The van der Waals surface area contributed by atoms with Gasteiger partial charge < -0.3 is 14.4 Å². The van der Waals surface area contributed by atoms with Crippen LogP contribution in [0.3, 0.4) is 0 Å². The topological polar surface area (TPSA) is 51.2 Å². The van der Waals surface area contributed by atoms with E-state index in [1.165, 1.54) is 0 Å². The van der Waals surface area contributed by atoms with Gasteiger partial charge in [-0.15, -0.1) is 0 Å². The predicted octanol–water partition coefficient (Wildman–Crippen LogP) is 1.67. The molecule has 0 radical (unpaired) electrons. The fraction of sp³-hybridized carbons (Fsp3) is 0. The summed E-state index contributed by atoms with van der Waals surface area (Å²) in [6.07, 6.45) is 16.0. The van der Waals surface area contributed by atoms with E-state index in [0.29, 0.717) is 0 Å². The molecule has 0 N–H and O–H groups in total. The molecule has 0 saturated heterocycles. The number of carbonyl (C=O) groups is 3. The third-order valence-corrected chi connectivity index (χ3v) is 0.889. The maximum absolute atomic E-state index is 8.00. The molecule has 0 unspecified atom stereocenters. The van der Waals surface area contributed by atoms with Crippen LogP contribution in [0.25, 0.3) is 0 Å². The van der Waals surface area contributed by atoms with E-state index in [1.54, 1.807) is 0 Å². The third-order valence-electron chi connectivity index (χ3n) is 0.889. The van der Waals surface area contributed by atoms with Gasteiger partial charge in [-0.1, -0.05) is 48.6 Å². The molecule has 0 spiro atoms. The second-order valence-corrected chi connectivity index (χ2v) is 1.54. The molecule has 0 heterocycles. The van der Waals surface area contributed by atoms with Gasteiger partial charge in [0.15, 0.2) is 0 Å². The molecule has 0 aliphatic heterocycles. The van der Waals surface area contributed by atoms with Gasteiger partial charge >= 0.3 is 0 Å². The van der Waals surface area contributed by atoms with Crippen molar-refractivity contribution in [1.82, 2.24) is 0 Å². The summed E-state index contributed by atoms with van der Waals surface area (Å²) in [4.78, 5) is 24.0. The minimum Gasteiger partial charge on any atom is -0.307 e. The van der Waals surface area contributed by atoms with E-state index < -0.39 is 0 Å². The molecule has 1 aliphatic rings. The second kappa shape index (κ2) is 39.1. The van der Waals surface area contributed by atoms with Crippen molar-refractivity contribution in [3.05, 3.63) is 48.6 Å². The molecule has 0 aromatic heterocycles. The van der Waals surface area contributed by atoms with Crippen LogP contribution in [0.1, 0.15) is 0 Å². The minimum absolute atomic E-state index is 0. The van der Waals surface area contributed by atoms with Crippen molar-refractivity contribution in [3.8, 4) is 0 Å². The molecule has 0 bridgehead atoms. The number of rotatable bonds is 0. The van der Waals surface area contributed by atoms with Crippen molar-refractivity contribution in [2.45, 2.75) is 0 Å². The van der Waals surface area contributed by atoms with Crippen LogP contribution in [0.5, 0.6) is 0 Å². The van der Waals surface area contributed by atoms with E-state index in [-0.39, 0.29) is 17.1 Å². The van der Waals surface area contributed by atoms with Gasteiger partial charge in [0.05, 0.1) is 0 Å². The fourth-order valence-electron chi connectivity index (χ4n) is 0.513. The summed E-state index contributed by atoms with van der Waals surface area (Å²) < 4.78 is 0. The average molecular weight is 250 g/mol. The summed E-state index contributed by atoms with van der Waals surface area (Å²) in [5.74, 6) is 0. The molecule has 0 saturated carbocycles.